The van der Waals surface area contributed by atoms with Crippen molar-refractivity contribution in [2.24, 2.45) is 5.73 Å². The van der Waals surface area contributed by atoms with Crippen molar-refractivity contribution in [3.8, 4) is 0 Å². The Hall–Kier alpha value is -1.57. The molecule has 378 valence electrons. The van der Waals surface area contributed by atoms with Gasteiger partial charge in [-0.2, -0.15) is 0 Å². The molecule has 1 amide bonds. The highest BCUT2D eigenvalue weighted by Crippen LogP contribution is 2.51. The number of rotatable bonds is 20. The first kappa shape index (κ1) is 52.8. The van der Waals surface area contributed by atoms with Crippen LogP contribution >= 0.6 is 0 Å². The van der Waals surface area contributed by atoms with Gasteiger partial charge in [0, 0.05) is 13.5 Å². The Morgan fingerprint density at radius 3 is 1.63 bits per heavy atom. The molecule has 0 radical (unpaired) electrons. The fraction of sp³-hybridized carbons (Fsp3) is 0.973. The van der Waals surface area contributed by atoms with Gasteiger partial charge >= 0.3 is 5.97 Å². The maximum atomic E-state index is 12.5. The third-order valence-electron chi connectivity index (χ3n) is 12.1. The monoisotopic (exact) mass is 952 g/mol. The van der Waals surface area contributed by atoms with E-state index in [1.54, 1.807) is 0 Å². The summed E-state index contributed by atoms with van der Waals surface area (Å²) in [4.78, 5) is 12.5. The predicted octanol–water partition coefficient (Wildman–Crippen LogP) is -10.3. The number of aliphatic hydroxyl groups is 14. The van der Waals surface area contributed by atoms with Gasteiger partial charge in [-0.3, -0.25) is 4.79 Å². The number of hydrogen-bond acceptors (Lipinski definition) is 27. The average molecular weight is 953 g/mol. The first-order chi connectivity index (χ1) is 31.0. The van der Waals surface area contributed by atoms with Gasteiger partial charge in [-0.05, 0) is 25.8 Å². The van der Waals surface area contributed by atoms with E-state index in [0.29, 0.717) is 13.0 Å². The number of ether oxygens (including phenoxy) is 11. The lowest BCUT2D eigenvalue weighted by atomic mass is 9.94. The van der Waals surface area contributed by atoms with Gasteiger partial charge in [0.05, 0.1) is 33.0 Å². The van der Waals surface area contributed by atoms with Crippen LogP contribution in [-0.4, -0.2) is 277 Å². The summed E-state index contributed by atoms with van der Waals surface area (Å²) in [5.74, 6) is -3.09. The van der Waals surface area contributed by atoms with Crippen molar-refractivity contribution in [1.29, 1.82) is 0 Å². The van der Waals surface area contributed by atoms with Gasteiger partial charge in [0.25, 0.3) is 0 Å². The zero-order chi connectivity index (χ0) is 47.5. The number of amides is 1. The number of carbonyl (C=O) groups excluding carboxylic acids is 1. The number of epoxide rings is 1. The number of unbranched alkanes of at least 4 members (excludes halogenated alkanes) is 2. The standard InChI is InChI=1S/C37H64N2O26/c1-12(45)39-18-30(61-35-25(52)22(49)19(46)13(7-40)57-35)20(47)14(8-41)56-33(18)62-31-21(48)15(9-42)63-37(32(31)65-37)64-29-17(11-44)59-36(27(54)24(29)51)60-28-16(10-43)58-34(26(53)23(28)50)55-6-4-2-3-5-38/h13-36,40-44,46-54H,2-11,38H2,1H3,(H,39,45). The zero-order valence-electron chi connectivity index (χ0n) is 35.2. The van der Waals surface area contributed by atoms with Crippen molar-refractivity contribution >= 4 is 5.91 Å². The van der Waals surface area contributed by atoms with E-state index in [0.717, 1.165) is 19.8 Å². The van der Waals surface area contributed by atoms with Crippen LogP contribution in [0.2, 0.25) is 0 Å². The summed E-state index contributed by atoms with van der Waals surface area (Å²) < 4.78 is 63.4. The first-order valence-corrected chi connectivity index (χ1v) is 21.4. The molecule has 65 heavy (non-hydrogen) atoms. The molecule has 0 aliphatic carbocycles. The summed E-state index contributed by atoms with van der Waals surface area (Å²) in [6, 6.07) is -1.60. The normalized spacial score (nSPS) is 49.0. The van der Waals surface area contributed by atoms with Crippen molar-refractivity contribution in [3.63, 3.8) is 0 Å². The molecule has 0 spiro atoms. The van der Waals surface area contributed by atoms with Crippen LogP contribution in [0.1, 0.15) is 26.2 Å². The minimum Gasteiger partial charge on any atom is -0.394 e. The van der Waals surface area contributed by atoms with Crippen molar-refractivity contribution in [3.05, 3.63) is 0 Å². The Morgan fingerprint density at radius 2 is 1.02 bits per heavy atom. The van der Waals surface area contributed by atoms with Gasteiger partial charge in [-0.25, -0.2) is 0 Å². The minimum absolute atomic E-state index is 0.138. The quantitative estimate of drug-likeness (QED) is 0.0398. The van der Waals surface area contributed by atoms with Gasteiger partial charge in [0.15, 0.2) is 31.3 Å². The SMILES string of the molecule is CC(=O)NC1C(OC2C(O)C(CO)OC3(OC4C(CO)OC(OC5C(CO)OC(OCCCCCN)C(O)C5O)C(O)C4O)OC23)OC(CO)C(O)C1OC1OC(CO)C(O)C(O)C1O. The number of fused-ring (bicyclic) bond motifs is 1. The lowest BCUT2D eigenvalue weighted by Gasteiger charge is -2.48. The van der Waals surface area contributed by atoms with Crippen molar-refractivity contribution in [1.82, 2.24) is 5.32 Å². The van der Waals surface area contributed by atoms with E-state index in [1.165, 1.54) is 0 Å². The van der Waals surface area contributed by atoms with Gasteiger partial charge in [0.1, 0.15) is 116 Å². The summed E-state index contributed by atoms with van der Waals surface area (Å²) in [6.45, 7) is -2.65. The molecule has 17 N–H and O–H groups in total. The van der Waals surface area contributed by atoms with Gasteiger partial charge < -0.3 is 135 Å². The summed E-state index contributed by atoms with van der Waals surface area (Å²) >= 11 is 0. The molecule has 0 aromatic heterocycles. The number of carbonyl (C=O) groups is 1. The second-order valence-electron chi connectivity index (χ2n) is 16.6. The van der Waals surface area contributed by atoms with Crippen LogP contribution in [0.15, 0.2) is 0 Å². The Balaban J connectivity index is 1.16. The highest BCUT2D eigenvalue weighted by atomic mass is 17.0. The van der Waals surface area contributed by atoms with Crippen LogP contribution in [0.5, 0.6) is 0 Å². The highest BCUT2D eigenvalue weighted by molar-refractivity contribution is 5.73. The van der Waals surface area contributed by atoms with Gasteiger partial charge in [-0.15, -0.1) is 0 Å². The van der Waals surface area contributed by atoms with Crippen LogP contribution in [-0.2, 0) is 56.9 Å². The molecule has 0 saturated carbocycles. The predicted molar refractivity (Wildman–Crippen MR) is 203 cm³/mol. The molecule has 6 fully saturated rings. The maximum absolute atomic E-state index is 12.5. The summed E-state index contributed by atoms with van der Waals surface area (Å²) in [6.07, 6.45) is -37.4. The number of nitrogens with two attached hydrogens (primary N) is 1. The molecule has 0 aromatic carbocycles. The number of aliphatic hydroxyl groups excluding tert-OH is 14. The van der Waals surface area contributed by atoms with Crippen molar-refractivity contribution in [2.45, 2.75) is 179 Å². The Morgan fingerprint density at radius 1 is 0.523 bits per heavy atom. The van der Waals surface area contributed by atoms with E-state index < -0.39 is 192 Å². The second kappa shape index (κ2) is 22.9. The van der Waals surface area contributed by atoms with E-state index in [2.05, 4.69) is 5.32 Å². The van der Waals surface area contributed by atoms with Crippen molar-refractivity contribution in [2.75, 3.05) is 46.2 Å². The average Bonchev–Trinajstić information content (AvgIpc) is 4.01. The van der Waals surface area contributed by atoms with Crippen LogP contribution in [0.3, 0.4) is 0 Å². The summed E-state index contributed by atoms with van der Waals surface area (Å²) in [7, 11) is 0. The van der Waals surface area contributed by atoms with Gasteiger partial charge in [-0.1, -0.05) is 0 Å². The molecular formula is C37H64N2O26. The molecule has 6 aliphatic rings. The van der Waals surface area contributed by atoms with E-state index in [-0.39, 0.29) is 6.61 Å². The molecule has 25 atom stereocenters. The van der Waals surface area contributed by atoms with E-state index >= 15 is 0 Å². The molecule has 28 nitrogen and oxygen atoms in total. The lowest BCUT2D eigenvalue weighted by Crippen LogP contribution is -2.69. The number of nitrogens with one attached hydrogen (secondary N) is 1. The first-order valence-electron chi connectivity index (χ1n) is 21.4. The zero-order valence-corrected chi connectivity index (χ0v) is 35.2. The largest absolute Gasteiger partial charge is 0.394 e. The van der Waals surface area contributed by atoms with E-state index in [1.807, 2.05) is 0 Å². The van der Waals surface area contributed by atoms with Crippen LogP contribution in [0, 0.1) is 0 Å². The molecular weight excluding hydrogens is 888 g/mol. The van der Waals surface area contributed by atoms with Crippen molar-refractivity contribution < 1.29 is 128 Å². The van der Waals surface area contributed by atoms with E-state index in [9.17, 15) is 76.3 Å². The van der Waals surface area contributed by atoms with E-state index in [4.69, 9.17) is 57.8 Å². The summed E-state index contributed by atoms with van der Waals surface area (Å²) in [5.41, 5.74) is 5.50. The molecule has 6 rings (SSSR count). The smallest absolute Gasteiger partial charge is 0.315 e. The minimum atomic E-state index is -2.33. The molecule has 0 aromatic rings. The molecule has 6 heterocycles. The van der Waals surface area contributed by atoms with Crippen LogP contribution in [0.4, 0.5) is 0 Å². The third-order valence-corrected chi connectivity index (χ3v) is 12.1. The highest BCUT2D eigenvalue weighted by Gasteiger charge is 2.73. The molecule has 0 bridgehead atoms. The Labute approximate surface area is 370 Å². The molecule has 6 aliphatic heterocycles. The fourth-order valence-electron chi connectivity index (χ4n) is 8.46. The third kappa shape index (κ3) is 11.2. The maximum Gasteiger partial charge on any atom is 0.315 e. The molecule has 28 heteroatoms. The van der Waals surface area contributed by atoms with Gasteiger partial charge in [0.2, 0.25) is 5.91 Å². The Kier molecular flexibility index (Phi) is 18.6. The van der Waals surface area contributed by atoms with Crippen LogP contribution < -0.4 is 11.1 Å². The number of hydrogen-bond donors (Lipinski definition) is 16. The molecule has 6 saturated heterocycles. The lowest BCUT2D eigenvalue weighted by molar-refractivity contribution is -0.385. The molecule has 25 unspecified atom stereocenters. The fourth-order valence-corrected chi connectivity index (χ4v) is 8.46. The topological polar surface area (TPSA) is 443 Å². The summed E-state index contributed by atoms with van der Waals surface area (Å²) in [5, 5.41) is 151. The van der Waals surface area contributed by atoms with Crippen LogP contribution in [0.25, 0.3) is 0 Å². The second-order valence-corrected chi connectivity index (χ2v) is 16.6. The Bertz CT molecular complexity index is 1490.